The van der Waals surface area contributed by atoms with Gasteiger partial charge in [0.25, 0.3) is 0 Å². The molecule has 2 nitrogen and oxygen atoms in total. The van der Waals surface area contributed by atoms with Gasteiger partial charge in [0, 0.05) is 20.3 Å². The highest BCUT2D eigenvalue weighted by Crippen LogP contribution is 2.34. The van der Waals surface area contributed by atoms with Crippen LogP contribution in [0.5, 0.6) is 5.75 Å². The van der Waals surface area contributed by atoms with Gasteiger partial charge >= 0.3 is 0 Å². The number of thiophene rings is 1. The Hall–Kier alpha value is -0.840. The van der Waals surface area contributed by atoms with Gasteiger partial charge in [0.05, 0.1) is 12.6 Å². The number of nitrogens with one attached hydrogen (secondary N) is 1. The van der Waals surface area contributed by atoms with Crippen LogP contribution in [0.2, 0.25) is 0 Å². The number of rotatable bonds is 7. The topological polar surface area (TPSA) is 21.3 Å². The molecule has 0 saturated carbocycles. The summed E-state index contributed by atoms with van der Waals surface area (Å²) in [6, 6.07) is 10.7. The molecular formula is C16H20BrNOS. The first-order valence-corrected chi connectivity index (χ1v) is 8.62. The van der Waals surface area contributed by atoms with Crippen molar-refractivity contribution >= 4 is 27.3 Å². The zero-order valence-electron chi connectivity index (χ0n) is 11.9. The van der Waals surface area contributed by atoms with Gasteiger partial charge in [-0.05, 0) is 48.0 Å². The molecule has 1 heterocycles. The first-order valence-electron chi connectivity index (χ1n) is 6.95. The van der Waals surface area contributed by atoms with Crippen LogP contribution in [0.1, 0.15) is 36.8 Å². The first kappa shape index (κ1) is 15.5. The smallest absolute Gasteiger partial charge is 0.124 e. The summed E-state index contributed by atoms with van der Waals surface area (Å²) >= 11 is 5.31. The molecule has 1 atom stereocenters. The molecule has 0 bridgehead atoms. The van der Waals surface area contributed by atoms with E-state index < -0.39 is 0 Å². The van der Waals surface area contributed by atoms with Crippen LogP contribution in [0.4, 0.5) is 0 Å². The van der Waals surface area contributed by atoms with Crippen molar-refractivity contribution in [1.29, 1.82) is 0 Å². The molecule has 0 saturated heterocycles. The summed E-state index contributed by atoms with van der Waals surface area (Å²) in [6.07, 6.45) is 1.11. The molecule has 0 aliphatic heterocycles. The molecule has 1 aromatic heterocycles. The van der Waals surface area contributed by atoms with Crippen LogP contribution in [0.25, 0.3) is 0 Å². The molecule has 0 aliphatic carbocycles. The lowest BCUT2D eigenvalue weighted by molar-refractivity contribution is 0.333. The first-order chi connectivity index (χ1) is 9.76. The monoisotopic (exact) mass is 353 g/mol. The van der Waals surface area contributed by atoms with E-state index in [-0.39, 0.29) is 6.04 Å². The van der Waals surface area contributed by atoms with Gasteiger partial charge in [-0.25, -0.2) is 0 Å². The van der Waals surface area contributed by atoms with Gasteiger partial charge in [-0.2, -0.15) is 0 Å². The maximum atomic E-state index is 5.78. The molecule has 1 aromatic carbocycles. The van der Waals surface area contributed by atoms with Crippen LogP contribution in [0.15, 0.2) is 40.2 Å². The lowest BCUT2D eigenvalue weighted by Crippen LogP contribution is -2.23. The Balaban J connectivity index is 2.35. The number of para-hydroxylation sites is 1. The summed E-state index contributed by atoms with van der Waals surface area (Å²) in [4.78, 5) is 1.30. The summed E-state index contributed by atoms with van der Waals surface area (Å²) < 4.78 is 6.91. The van der Waals surface area contributed by atoms with Gasteiger partial charge in [0.1, 0.15) is 5.75 Å². The van der Waals surface area contributed by atoms with E-state index in [1.807, 2.05) is 19.1 Å². The predicted molar refractivity (Wildman–Crippen MR) is 89.8 cm³/mol. The van der Waals surface area contributed by atoms with Gasteiger partial charge in [-0.1, -0.05) is 25.1 Å². The van der Waals surface area contributed by atoms with Crippen molar-refractivity contribution in [2.24, 2.45) is 0 Å². The van der Waals surface area contributed by atoms with Crippen LogP contribution >= 0.6 is 27.3 Å². The third-order valence-corrected chi connectivity index (χ3v) is 4.76. The molecule has 4 heteroatoms. The fraction of sp³-hybridized carbons (Fsp3) is 0.375. The Bertz CT molecular complexity index is 541. The quantitative estimate of drug-likeness (QED) is 0.756. The second-order valence-corrected chi connectivity index (χ2v) is 6.38. The van der Waals surface area contributed by atoms with Crippen LogP contribution in [-0.4, -0.2) is 13.2 Å². The molecule has 1 N–H and O–H groups in total. The van der Waals surface area contributed by atoms with Crippen LogP contribution < -0.4 is 10.1 Å². The number of benzene rings is 1. The highest BCUT2D eigenvalue weighted by atomic mass is 79.9. The minimum Gasteiger partial charge on any atom is -0.494 e. The second kappa shape index (κ2) is 7.81. The Morgan fingerprint density at radius 3 is 2.75 bits per heavy atom. The van der Waals surface area contributed by atoms with Crippen molar-refractivity contribution < 1.29 is 4.74 Å². The fourth-order valence-electron chi connectivity index (χ4n) is 2.14. The van der Waals surface area contributed by atoms with E-state index in [0.29, 0.717) is 6.61 Å². The molecule has 1 unspecified atom stereocenters. The van der Waals surface area contributed by atoms with Crippen LogP contribution in [0, 0.1) is 0 Å². The van der Waals surface area contributed by atoms with Crippen LogP contribution in [0.3, 0.4) is 0 Å². The zero-order valence-corrected chi connectivity index (χ0v) is 14.3. The van der Waals surface area contributed by atoms with E-state index in [1.54, 1.807) is 11.3 Å². The summed E-state index contributed by atoms with van der Waals surface area (Å²) in [7, 11) is 0. The lowest BCUT2D eigenvalue weighted by atomic mass is 10.0. The molecule has 2 aromatic rings. The van der Waals surface area contributed by atoms with Gasteiger partial charge in [0.2, 0.25) is 0 Å². The summed E-state index contributed by atoms with van der Waals surface area (Å²) in [5.74, 6) is 0.966. The second-order valence-electron chi connectivity index (χ2n) is 4.53. The number of hydrogen-bond acceptors (Lipinski definition) is 3. The molecule has 0 amide bonds. The molecule has 0 radical (unpaired) electrons. The molecule has 0 aliphatic rings. The minimum absolute atomic E-state index is 0.189. The molecular weight excluding hydrogens is 334 g/mol. The molecule has 108 valence electrons. The molecule has 20 heavy (non-hydrogen) atoms. The molecule has 0 spiro atoms. The van der Waals surface area contributed by atoms with Gasteiger partial charge in [-0.15, -0.1) is 11.3 Å². The number of halogens is 1. The standard InChI is InChI=1S/C16H20BrNOS/c1-3-9-18-16(15-10-12(17)11-20-15)13-7-5-6-8-14(13)19-4-2/h5-8,10-11,16,18H,3-4,9H2,1-2H3. The van der Waals surface area contributed by atoms with E-state index in [0.717, 1.165) is 23.2 Å². The van der Waals surface area contributed by atoms with Crippen molar-refractivity contribution in [2.75, 3.05) is 13.2 Å². The summed E-state index contributed by atoms with van der Waals surface area (Å²) in [6.45, 7) is 5.88. The van der Waals surface area contributed by atoms with Gasteiger partial charge < -0.3 is 10.1 Å². The van der Waals surface area contributed by atoms with Gasteiger partial charge in [0.15, 0.2) is 0 Å². The Morgan fingerprint density at radius 1 is 1.30 bits per heavy atom. The maximum Gasteiger partial charge on any atom is 0.124 e. The highest BCUT2D eigenvalue weighted by molar-refractivity contribution is 9.10. The maximum absolute atomic E-state index is 5.78. The largest absolute Gasteiger partial charge is 0.494 e. The van der Waals surface area contributed by atoms with Crippen molar-refractivity contribution in [2.45, 2.75) is 26.3 Å². The summed E-state index contributed by atoms with van der Waals surface area (Å²) in [5, 5.41) is 5.75. The minimum atomic E-state index is 0.189. The average Bonchev–Trinajstić information content (AvgIpc) is 2.88. The molecule has 2 rings (SSSR count). The predicted octanol–water partition coefficient (Wildman–Crippen LogP) is 5.00. The van der Waals surface area contributed by atoms with E-state index in [4.69, 9.17) is 4.74 Å². The van der Waals surface area contributed by atoms with Crippen molar-refractivity contribution in [3.05, 3.63) is 50.6 Å². The summed E-state index contributed by atoms with van der Waals surface area (Å²) in [5.41, 5.74) is 1.21. The van der Waals surface area contributed by atoms with Crippen molar-refractivity contribution in [3.63, 3.8) is 0 Å². The Kier molecular flexibility index (Phi) is 6.07. The highest BCUT2D eigenvalue weighted by Gasteiger charge is 2.19. The molecule has 0 fully saturated rings. The van der Waals surface area contributed by atoms with E-state index >= 15 is 0 Å². The Labute approximate surface area is 133 Å². The zero-order chi connectivity index (χ0) is 14.4. The third kappa shape index (κ3) is 3.84. The SMILES string of the molecule is CCCNC(c1cc(Br)cs1)c1ccccc1OCC. The lowest BCUT2D eigenvalue weighted by Gasteiger charge is -2.20. The van der Waals surface area contributed by atoms with Crippen molar-refractivity contribution in [1.82, 2.24) is 5.32 Å². The van der Waals surface area contributed by atoms with Crippen molar-refractivity contribution in [3.8, 4) is 5.75 Å². The fourth-order valence-corrected chi connectivity index (χ4v) is 3.67. The number of ether oxygens (including phenoxy) is 1. The van der Waals surface area contributed by atoms with E-state index in [2.05, 4.69) is 51.7 Å². The van der Waals surface area contributed by atoms with E-state index in [9.17, 15) is 0 Å². The third-order valence-electron chi connectivity index (χ3n) is 3.00. The van der Waals surface area contributed by atoms with E-state index in [1.165, 1.54) is 10.4 Å². The normalized spacial score (nSPS) is 12.3. The number of hydrogen-bond donors (Lipinski definition) is 1. The van der Waals surface area contributed by atoms with Gasteiger partial charge in [-0.3, -0.25) is 0 Å². The Morgan fingerprint density at radius 2 is 2.10 bits per heavy atom. The van der Waals surface area contributed by atoms with Crippen LogP contribution in [-0.2, 0) is 0 Å². The average molecular weight is 354 g/mol.